The van der Waals surface area contributed by atoms with Crippen LogP contribution in [0.15, 0.2) is 18.2 Å². The summed E-state index contributed by atoms with van der Waals surface area (Å²) in [5.74, 6) is 6.52. The molecule has 0 radical (unpaired) electrons. The molecule has 1 unspecified atom stereocenters. The maximum Gasteiger partial charge on any atom is 0.119 e. The van der Waals surface area contributed by atoms with Crippen molar-refractivity contribution >= 4 is 0 Å². The minimum atomic E-state index is -0.105. The van der Waals surface area contributed by atoms with Gasteiger partial charge in [0.2, 0.25) is 0 Å². The Hall–Kier alpha value is -1.50. The van der Waals surface area contributed by atoms with Crippen LogP contribution in [0.2, 0.25) is 0 Å². The number of nitrogens with zero attached hydrogens (tertiary/aromatic N) is 1. The fourth-order valence-electron chi connectivity index (χ4n) is 2.82. The first-order chi connectivity index (χ1) is 10.2. The highest BCUT2D eigenvalue weighted by Gasteiger charge is 2.18. The average Bonchev–Trinajstić information content (AvgIpc) is 2.48. The highest BCUT2D eigenvalue weighted by atomic mass is 16.5. The SMILES string of the molecule is Cc1cc(OCCC2CCCCN2C)ccc1C#CCO. The molecular formula is C18H25NO2. The van der Waals surface area contributed by atoms with E-state index < -0.39 is 0 Å². The Labute approximate surface area is 127 Å². The molecule has 1 fully saturated rings. The first kappa shape index (κ1) is 15.9. The van der Waals surface area contributed by atoms with Gasteiger partial charge in [-0.15, -0.1) is 0 Å². The Kier molecular flexibility index (Phi) is 6.10. The summed E-state index contributed by atoms with van der Waals surface area (Å²) < 4.78 is 5.87. The lowest BCUT2D eigenvalue weighted by Gasteiger charge is -2.32. The molecular weight excluding hydrogens is 262 g/mol. The van der Waals surface area contributed by atoms with E-state index in [9.17, 15) is 0 Å². The van der Waals surface area contributed by atoms with E-state index in [4.69, 9.17) is 9.84 Å². The Morgan fingerprint density at radius 1 is 1.38 bits per heavy atom. The maximum absolute atomic E-state index is 8.73. The molecule has 1 heterocycles. The van der Waals surface area contributed by atoms with Crippen LogP contribution in [0.5, 0.6) is 5.75 Å². The van der Waals surface area contributed by atoms with E-state index in [0.717, 1.165) is 29.9 Å². The predicted molar refractivity (Wildman–Crippen MR) is 85.5 cm³/mol. The lowest BCUT2D eigenvalue weighted by molar-refractivity contribution is 0.153. The van der Waals surface area contributed by atoms with Gasteiger partial charge in [0.25, 0.3) is 0 Å². The Bertz CT molecular complexity index is 516. The molecule has 2 rings (SSSR count). The summed E-state index contributed by atoms with van der Waals surface area (Å²) >= 11 is 0. The number of aryl methyl sites for hydroxylation is 1. The summed E-state index contributed by atoms with van der Waals surface area (Å²) in [6.07, 6.45) is 5.03. The number of hydrogen-bond acceptors (Lipinski definition) is 3. The van der Waals surface area contributed by atoms with Crippen LogP contribution in [0.1, 0.15) is 36.8 Å². The molecule has 0 amide bonds. The van der Waals surface area contributed by atoms with Gasteiger partial charge in [-0.3, -0.25) is 0 Å². The fraction of sp³-hybridized carbons (Fsp3) is 0.556. The summed E-state index contributed by atoms with van der Waals surface area (Å²) in [7, 11) is 2.21. The molecule has 1 aliphatic heterocycles. The Morgan fingerprint density at radius 3 is 2.95 bits per heavy atom. The maximum atomic E-state index is 8.73. The number of likely N-dealkylation sites (tertiary alicyclic amines) is 1. The molecule has 1 N–H and O–H groups in total. The summed E-state index contributed by atoms with van der Waals surface area (Å²) in [4.78, 5) is 2.45. The quantitative estimate of drug-likeness (QED) is 0.864. The van der Waals surface area contributed by atoms with Gasteiger partial charge in [-0.2, -0.15) is 0 Å². The second kappa shape index (κ2) is 8.07. The van der Waals surface area contributed by atoms with Crippen molar-refractivity contribution in [1.82, 2.24) is 4.90 Å². The zero-order chi connectivity index (χ0) is 15.1. The van der Waals surface area contributed by atoms with Crippen molar-refractivity contribution in [3.05, 3.63) is 29.3 Å². The van der Waals surface area contributed by atoms with Gasteiger partial charge < -0.3 is 14.7 Å². The highest BCUT2D eigenvalue weighted by Crippen LogP contribution is 2.20. The second-order valence-corrected chi connectivity index (χ2v) is 5.70. The Morgan fingerprint density at radius 2 is 2.24 bits per heavy atom. The van der Waals surface area contributed by atoms with Crippen molar-refractivity contribution < 1.29 is 9.84 Å². The van der Waals surface area contributed by atoms with Crippen LogP contribution in [0, 0.1) is 18.8 Å². The largest absolute Gasteiger partial charge is 0.494 e. The molecule has 0 aromatic heterocycles. The average molecular weight is 287 g/mol. The van der Waals surface area contributed by atoms with Crippen molar-refractivity contribution in [2.24, 2.45) is 0 Å². The number of rotatable bonds is 4. The van der Waals surface area contributed by atoms with Crippen molar-refractivity contribution in [2.75, 3.05) is 26.8 Å². The van der Waals surface area contributed by atoms with Gasteiger partial charge in [0, 0.05) is 11.6 Å². The van der Waals surface area contributed by atoms with E-state index in [2.05, 4.69) is 23.8 Å². The molecule has 1 aliphatic rings. The van der Waals surface area contributed by atoms with Gasteiger partial charge in [0.1, 0.15) is 12.4 Å². The summed E-state index contributed by atoms with van der Waals surface area (Å²) in [5, 5.41) is 8.73. The number of aliphatic hydroxyl groups is 1. The summed E-state index contributed by atoms with van der Waals surface area (Å²) in [6.45, 7) is 3.88. The van der Waals surface area contributed by atoms with Gasteiger partial charge >= 0.3 is 0 Å². The third-order valence-corrected chi connectivity index (χ3v) is 4.14. The van der Waals surface area contributed by atoms with E-state index in [-0.39, 0.29) is 6.61 Å². The molecule has 1 aromatic rings. The first-order valence-corrected chi connectivity index (χ1v) is 7.74. The standard InChI is InChI=1S/C18H25NO2/c1-15-14-18(9-8-16(15)6-5-12-20)21-13-10-17-7-3-4-11-19(17)2/h8-9,14,17,20H,3-4,7,10-13H2,1-2H3. The smallest absolute Gasteiger partial charge is 0.119 e. The number of hydrogen-bond donors (Lipinski definition) is 1. The third-order valence-electron chi connectivity index (χ3n) is 4.14. The highest BCUT2D eigenvalue weighted by molar-refractivity contribution is 5.44. The molecule has 0 bridgehead atoms. The van der Waals surface area contributed by atoms with Crippen molar-refractivity contribution in [2.45, 2.75) is 38.6 Å². The number of aliphatic hydroxyl groups excluding tert-OH is 1. The lowest BCUT2D eigenvalue weighted by Crippen LogP contribution is -2.37. The van der Waals surface area contributed by atoms with Crippen LogP contribution in [0.4, 0.5) is 0 Å². The topological polar surface area (TPSA) is 32.7 Å². The monoisotopic (exact) mass is 287 g/mol. The van der Waals surface area contributed by atoms with Gasteiger partial charge in [-0.1, -0.05) is 18.3 Å². The minimum absolute atomic E-state index is 0.105. The van der Waals surface area contributed by atoms with Gasteiger partial charge in [-0.25, -0.2) is 0 Å². The van der Waals surface area contributed by atoms with E-state index >= 15 is 0 Å². The minimum Gasteiger partial charge on any atom is -0.494 e. The molecule has 0 aliphatic carbocycles. The first-order valence-electron chi connectivity index (χ1n) is 7.74. The molecule has 3 nitrogen and oxygen atoms in total. The molecule has 114 valence electrons. The summed E-state index contributed by atoms with van der Waals surface area (Å²) in [5.41, 5.74) is 2.03. The number of piperidine rings is 1. The van der Waals surface area contributed by atoms with Crippen LogP contribution in [0.3, 0.4) is 0 Å². The zero-order valence-corrected chi connectivity index (χ0v) is 13.1. The zero-order valence-electron chi connectivity index (χ0n) is 13.1. The van der Waals surface area contributed by atoms with Gasteiger partial charge in [0.05, 0.1) is 6.61 Å². The molecule has 1 atom stereocenters. The Balaban J connectivity index is 1.84. The molecule has 1 saturated heterocycles. The van der Waals surface area contributed by atoms with Crippen LogP contribution in [-0.2, 0) is 0 Å². The van der Waals surface area contributed by atoms with E-state index in [1.165, 1.54) is 25.8 Å². The normalized spacial score (nSPS) is 18.9. The predicted octanol–water partition coefficient (Wildman–Crippen LogP) is 2.59. The second-order valence-electron chi connectivity index (χ2n) is 5.70. The van der Waals surface area contributed by atoms with Crippen molar-refractivity contribution in [3.8, 4) is 17.6 Å². The molecule has 21 heavy (non-hydrogen) atoms. The third kappa shape index (κ3) is 4.77. The van der Waals surface area contributed by atoms with Gasteiger partial charge in [-0.05, 0) is 63.5 Å². The fourth-order valence-corrected chi connectivity index (χ4v) is 2.82. The van der Waals surface area contributed by atoms with Crippen LogP contribution < -0.4 is 4.74 Å². The number of benzene rings is 1. The summed E-state index contributed by atoms with van der Waals surface area (Å²) in [6, 6.07) is 6.60. The molecule has 3 heteroatoms. The molecule has 0 spiro atoms. The van der Waals surface area contributed by atoms with Gasteiger partial charge in [0.15, 0.2) is 0 Å². The van der Waals surface area contributed by atoms with Crippen molar-refractivity contribution in [1.29, 1.82) is 0 Å². The van der Waals surface area contributed by atoms with E-state index in [0.29, 0.717) is 6.04 Å². The number of ether oxygens (including phenoxy) is 1. The molecule has 0 saturated carbocycles. The lowest BCUT2D eigenvalue weighted by atomic mass is 10.0. The van der Waals surface area contributed by atoms with Crippen molar-refractivity contribution in [3.63, 3.8) is 0 Å². The van der Waals surface area contributed by atoms with Crippen LogP contribution in [-0.4, -0.2) is 42.9 Å². The van der Waals surface area contributed by atoms with Crippen LogP contribution in [0.25, 0.3) is 0 Å². The molecule has 1 aromatic carbocycles. The van der Waals surface area contributed by atoms with E-state index in [1.807, 2.05) is 25.1 Å². The van der Waals surface area contributed by atoms with Crippen LogP contribution >= 0.6 is 0 Å². The van der Waals surface area contributed by atoms with E-state index in [1.54, 1.807) is 0 Å².